The van der Waals surface area contributed by atoms with E-state index in [2.05, 4.69) is 34.5 Å². The number of urea groups is 1. The van der Waals surface area contributed by atoms with Crippen LogP contribution in [0.1, 0.15) is 17.5 Å². The summed E-state index contributed by atoms with van der Waals surface area (Å²) in [6.07, 6.45) is 4.32. The first-order chi connectivity index (χ1) is 11.9. The molecular formula is C18H27N3O3S. The normalized spacial score (nSPS) is 19.5. The molecule has 1 heterocycles. The van der Waals surface area contributed by atoms with Gasteiger partial charge < -0.3 is 10.2 Å². The number of fused-ring (bicyclic) bond motifs is 1. The summed E-state index contributed by atoms with van der Waals surface area (Å²) in [6, 6.07) is 9.02. The van der Waals surface area contributed by atoms with Gasteiger partial charge in [0.15, 0.2) is 0 Å². The molecule has 138 valence electrons. The molecular weight excluding hydrogens is 338 g/mol. The highest BCUT2D eigenvalue weighted by Crippen LogP contribution is 2.26. The number of hydrogen-bond donors (Lipinski definition) is 1. The van der Waals surface area contributed by atoms with E-state index in [1.165, 1.54) is 17.4 Å². The molecule has 1 aliphatic heterocycles. The van der Waals surface area contributed by atoms with Crippen molar-refractivity contribution >= 4 is 15.9 Å². The van der Waals surface area contributed by atoms with Gasteiger partial charge in [0.05, 0.1) is 5.75 Å². The van der Waals surface area contributed by atoms with Crippen LogP contribution in [0.3, 0.4) is 0 Å². The van der Waals surface area contributed by atoms with Gasteiger partial charge in [-0.15, -0.1) is 0 Å². The van der Waals surface area contributed by atoms with Gasteiger partial charge in [-0.2, -0.15) is 0 Å². The van der Waals surface area contributed by atoms with Gasteiger partial charge in [-0.1, -0.05) is 24.3 Å². The number of carbonyl (C=O) groups is 1. The van der Waals surface area contributed by atoms with E-state index in [1.807, 2.05) is 4.90 Å². The molecule has 0 radical (unpaired) electrons. The molecule has 6 nitrogen and oxygen atoms in total. The Hall–Kier alpha value is -1.60. The van der Waals surface area contributed by atoms with E-state index in [1.54, 1.807) is 0 Å². The van der Waals surface area contributed by atoms with E-state index in [0.717, 1.165) is 38.9 Å². The predicted octanol–water partition coefficient (Wildman–Crippen LogP) is 0.916. The van der Waals surface area contributed by atoms with Crippen LogP contribution in [0.15, 0.2) is 24.3 Å². The lowest BCUT2D eigenvalue weighted by molar-refractivity contribution is 0.189. The van der Waals surface area contributed by atoms with Crippen molar-refractivity contribution in [3.05, 3.63) is 35.4 Å². The molecule has 1 aliphatic carbocycles. The van der Waals surface area contributed by atoms with Gasteiger partial charge in [0.25, 0.3) is 0 Å². The highest BCUT2D eigenvalue weighted by Gasteiger charge is 2.28. The van der Waals surface area contributed by atoms with E-state index in [9.17, 15) is 13.2 Å². The largest absolute Gasteiger partial charge is 0.337 e. The second kappa shape index (κ2) is 7.74. The Kier molecular flexibility index (Phi) is 5.64. The van der Waals surface area contributed by atoms with Crippen molar-refractivity contribution in [2.24, 2.45) is 0 Å². The maximum absolute atomic E-state index is 12.2. The molecule has 0 atom stereocenters. The van der Waals surface area contributed by atoms with Crippen LogP contribution in [0, 0.1) is 0 Å². The second-order valence-electron chi connectivity index (χ2n) is 7.07. The molecule has 1 N–H and O–H groups in total. The molecule has 2 amide bonds. The number of sulfone groups is 1. The van der Waals surface area contributed by atoms with E-state index >= 15 is 0 Å². The molecule has 0 unspecified atom stereocenters. The third-order valence-corrected chi connectivity index (χ3v) is 6.06. The zero-order valence-electron chi connectivity index (χ0n) is 14.8. The third kappa shape index (κ3) is 4.95. The predicted molar refractivity (Wildman–Crippen MR) is 98.5 cm³/mol. The Bertz CT molecular complexity index is 695. The Morgan fingerprint density at radius 3 is 2.44 bits per heavy atom. The van der Waals surface area contributed by atoms with Crippen LogP contribution in [0.25, 0.3) is 0 Å². The standard InChI is InChI=1S/C18H27N3O3S/c1-25(23,24)12-7-19-18(22)21-9-4-8-20(10-11-21)17-13-15-5-2-3-6-16(15)14-17/h2-3,5-6,17H,4,7-14H2,1H3,(H,19,22). The van der Waals surface area contributed by atoms with Gasteiger partial charge in [0.1, 0.15) is 9.84 Å². The van der Waals surface area contributed by atoms with E-state index in [0.29, 0.717) is 12.6 Å². The number of nitrogens with zero attached hydrogens (tertiary/aromatic N) is 2. The lowest BCUT2D eigenvalue weighted by atomic mass is 10.1. The molecule has 25 heavy (non-hydrogen) atoms. The van der Waals surface area contributed by atoms with Crippen molar-refractivity contribution in [3.63, 3.8) is 0 Å². The van der Waals surface area contributed by atoms with Crippen LogP contribution in [0.5, 0.6) is 0 Å². The van der Waals surface area contributed by atoms with Crippen LogP contribution in [0.2, 0.25) is 0 Å². The minimum absolute atomic E-state index is 0.0148. The monoisotopic (exact) mass is 365 g/mol. The summed E-state index contributed by atoms with van der Waals surface area (Å²) < 4.78 is 22.3. The Labute approximate surface area is 150 Å². The molecule has 1 aromatic rings. The summed E-state index contributed by atoms with van der Waals surface area (Å²) >= 11 is 0. The fraction of sp³-hybridized carbons (Fsp3) is 0.611. The minimum Gasteiger partial charge on any atom is -0.337 e. The molecule has 7 heteroatoms. The Morgan fingerprint density at radius 2 is 1.80 bits per heavy atom. The quantitative estimate of drug-likeness (QED) is 0.861. The molecule has 0 bridgehead atoms. The molecule has 0 aromatic heterocycles. The van der Waals surface area contributed by atoms with E-state index in [4.69, 9.17) is 0 Å². The van der Waals surface area contributed by atoms with E-state index < -0.39 is 9.84 Å². The number of carbonyl (C=O) groups excluding carboxylic acids is 1. The van der Waals surface area contributed by atoms with E-state index in [-0.39, 0.29) is 18.3 Å². The molecule has 0 saturated carbocycles. The summed E-state index contributed by atoms with van der Waals surface area (Å²) in [5.74, 6) is -0.0148. The zero-order valence-corrected chi connectivity index (χ0v) is 15.6. The maximum Gasteiger partial charge on any atom is 0.317 e. The van der Waals surface area contributed by atoms with Crippen LogP contribution in [-0.4, -0.2) is 75.0 Å². The molecule has 1 saturated heterocycles. The maximum atomic E-state index is 12.2. The SMILES string of the molecule is CS(=O)(=O)CCNC(=O)N1CCCN(C2Cc3ccccc3C2)CC1. The fourth-order valence-corrected chi connectivity index (χ4v) is 4.23. The first-order valence-corrected chi connectivity index (χ1v) is 11.0. The topological polar surface area (TPSA) is 69.7 Å². The van der Waals surface area contributed by atoms with Crippen molar-refractivity contribution in [1.82, 2.24) is 15.1 Å². The van der Waals surface area contributed by atoms with Crippen LogP contribution in [-0.2, 0) is 22.7 Å². The molecule has 1 fully saturated rings. The Balaban J connectivity index is 1.49. The molecule has 3 rings (SSSR count). The molecule has 1 aromatic carbocycles. The van der Waals surface area contributed by atoms with Gasteiger partial charge in [-0.05, 0) is 30.4 Å². The van der Waals surface area contributed by atoms with Crippen LogP contribution >= 0.6 is 0 Å². The van der Waals surface area contributed by atoms with Crippen molar-refractivity contribution < 1.29 is 13.2 Å². The number of hydrogen-bond acceptors (Lipinski definition) is 4. The van der Waals surface area contributed by atoms with Gasteiger partial charge in [0.2, 0.25) is 0 Å². The van der Waals surface area contributed by atoms with Gasteiger partial charge >= 0.3 is 6.03 Å². The average Bonchev–Trinajstić information content (AvgIpc) is 2.82. The number of rotatable bonds is 4. The van der Waals surface area contributed by atoms with Crippen molar-refractivity contribution in [2.75, 3.05) is 44.7 Å². The smallest absolute Gasteiger partial charge is 0.317 e. The zero-order chi connectivity index (χ0) is 17.9. The third-order valence-electron chi connectivity index (χ3n) is 5.11. The summed E-state index contributed by atoms with van der Waals surface area (Å²) in [5, 5.41) is 2.72. The first kappa shape index (κ1) is 18.2. The summed E-state index contributed by atoms with van der Waals surface area (Å²) in [7, 11) is -3.05. The summed E-state index contributed by atoms with van der Waals surface area (Å²) in [6.45, 7) is 3.47. The summed E-state index contributed by atoms with van der Waals surface area (Å²) in [4.78, 5) is 16.6. The average molecular weight is 365 g/mol. The van der Waals surface area contributed by atoms with Gasteiger partial charge in [0, 0.05) is 45.0 Å². The van der Waals surface area contributed by atoms with Crippen LogP contribution in [0.4, 0.5) is 4.79 Å². The number of amides is 2. The highest BCUT2D eigenvalue weighted by molar-refractivity contribution is 7.90. The lowest BCUT2D eigenvalue weighted by Gasteiger charge is -2.27. The van der Waals surface area contributed by atoms with Gasteiger partial charge in [-0.3, -0.25) is 4.90 Å². The van der Waals surface area contributed by atoms with Crippen molar-refractivity contribution in [1.29, 1.82) is 0 Å². The van der Waals surface area contributed by atoms with Crippen molar-refractivity contribution in [3.8, 4) is 0 Å². The molecule has 0 spiro atoms. The summed E-state index contributed by atoms with van der Waals surface area (Å²) in [5.41, 5.74) is 2.90. The molecule has 2 aliphatic rings. The van der Waals surface area contributed by atoms with Crippen molar-refractivity contribution in [2.45, 2.75) is 25.3 Å². The lowest BCUT2D eigenvalue weighted by Crippen LogP contribution is -2.44. The number of nitrogens with one attached hydrogen (secondary N) is 1. The van der Waals surface area contributed by atoms with Gasteiger partial charge in [-0.25, -0.2) is 13.2 Å². The fourth-order valence-electron chi connectivity index (χ4n) is 3.75. The Morgan fingerprint density at radius 1 is 1.12 bits per heavy atom. The first-order valence-electron chi connectivity index (χ1n) is 8.94. The van der Waals surface area contributed by atoms with Crippen LogP contribution < -0.4 is 5.32 Å². The second-order valence-corrected chi connectivity index (χ2v) is 9.33. The number of benzene rings is 1. The highest BCUT2D eigenvalue weighted by atomic mass is 32.2. The minimum atomic E-state index is -3.05.